The molecule has 14 nitrogen and oxygen atoms in total. The van der Waals surface area contributed by atoms with Crippen LogP contribution in [0.3, 0.4) is 0 Å². The third kappa shape index (κ3) is 12.6. The molecule has 3 unspecified atom stereocenters. The molecule has 3 atom stereocenters. The van der Waals surface area contributed by atoms with Gasteiger partial charge in [0.15, 0.2) is 5.11 Å². The number of rotatable bonds is 15. The van der Waals surface area contributed by atoms with Crippen LogP contribution in [0.5, 0.6) is 0 Å². The molecule has 100 heavy (non-hydrogen) atoms. The van der Waals surface area contributed by atoms with Gasteiger partial charge in [-0.3, -0.25) is 29.0 Å². The van der Waals surface area contributed by atoms with E-state index in [1.54, 1.807) is 24.3 Å². The van der Waals surface area contributed by atoms with Gasteiger partial charge in [0.05, 0.1) is 58.3 Å². The van der Waals surface area contributed by atoms with Crippen molar-refractivity contribution in [1.82, 2.24) is 49.5 Å². The predicted molar refractivity (Wildman–Crippen MR) is 393 cm³/mol. The van der Waals surface area contributed by atoms with Crippen LogP contribution in [0.15, 0.2) is 250 Å². The van der Waals surface area contributed by atoms with Crippen LogP contribution in [0.1, 0.15) is 160 Å². The summed E-state index contributed by atoms with van der Waals surface area (Å²) in [5.74, 6) is 0.220. The highest BCUT2D eigenvalue weighted by molar-refractivity contribution is 7.80. The number of carbonyl (C=O) groups is 4. The highest BCUT2D eigenvalue weighted by Crippen LogP contribution is 2.46. The van der Waals surface area contributed by atoms with E-state index in [4.69, 9.17) is 22.2 Å². The van der Waals surface area contributed by atoms with Gasteiger partial charge in [-0.2, -0.15) is 0 Å². The van der Waals surface area contributed by atoms with Crippen molar-refractivity contribution < 1.29 is 19.2 Å². The zero-order valence-corrected chi connectivity index (χ0v) is 57.0. The minimum Gasteiger partial charge on any atom is -0.362 e. The molecule has 0 bridgehead atoms. The van der Waals surface area contributed by atoms with Gasteiger partial charge in [-0.1, -0.05) is 226 Å². The first-order valence-electron chi connectivity index (χ1n) is 35.6. The van der Waals surface area contributed by atoms with Gasteiger partial charge < -0.3 is 24.8 Å². The van der Waals surface area contributed by atoms with Crippen molar-refractivity contribution in [3.63, 3.8) is 0 Å². The number of imide groups is 2. The highest BCUT2D eigenvalue weighted by Gasteiger charge is 2.45. The molecule has 0 spiro atoms. The predicted octanol–water partition coefficient (Wildman–Crippen LogP) is 14.6. The lowest BCUT2D eigenvalue weighted by molar-refractivity contribution is 0.0609. The Labute approximate surface area is 590 Å². The Kier molecular flexibility index (Phi) is 19.0. The van der Waals surface area contributed by atoms with Crippen LogP contribution in [0.2, 0.25) is 0 Å². The van der Waals surface area contributed by atoms with Crippen molar-refractivity contribution in [2.24, 2.45) is 17.8 Å². The lowest BCUT2D eigenvalue weighted by Crippen LogP contribution is -2.44. The van der Waals surface area contributed by atoms with Gasteiger partial charge in [0.1, 0.15) is 11.1 Å². The number of hydrogen-bond donors (Lipinski definition) is 3. The second-order valence-electron chi connectivity index (χ2n) is 27.5. The van der Waals surface area contributed by atoms with E-state index in [0.717, 1.165) is 96.8 Å². The van der Waals surface area contributed by atoms with Gasteiger partial charge in [0.2, 0.25) is 0 Å². The third-order valence-electron chi connectivity index (χ3n) is 21.5. The van der Waals surface area contributed by atoms with Gasteiger partial charge in [0, 0.05) is 42.8 Å². The number of benzene rings is 8. The van der Waals surface area contributed by atoms with Crippen LogP contribution in [0.4, 0.5) is 0 Å². The number of carbonyl (C=O) groups excluding carboxylic acids is 4. The molecule has 0 saturated heterocycles. The standard InChI is InChI=1S/2C35H29N3O2.C15H24N4S/c39-33-29-18-10-11-19-30(29)34(40)37(33)23-25-20-21-32-31(22-25)36-24-38(32)35(26-12-4-1-5-13-26,27-14-6-2-7-15-27)28-16-8-3-9-17-28;39-33-29-18-10-11-19-30(29)34(40)37(33)23-25-20-21-31-32(22-25)38(24-36-31)35(26-12-4-1-5-13-26,27-14-6-2-7-15-27)28-16-8-3-9-17-28;20-15(19-12-4-2-1-3-5-12)16-9-11-6-7-13-14(8-11)18-10-17-13/h2*1-19,24-25H,20-23H2;10-12H,1-9H2,(H,17,18)(H2,16,19,20). The molecule has 11 aromatic rings. The zero-order chi connectivity index (χ0) is 68.0. The SMILES string of the molecule is O=C1c2ccccc2C(=O)N1CC1CCc2c(ncn2C(c2ccccc2)(c2ccccc2)c2ccccc2)C1.O=C1c2ccccc2C(=O)N1CC1CCc2ncn(C(c3ccccc3)(c3ccccc3)c3ccccc3)c2C1.S=C(NCC1CCc2nc[nH]c2C1)NC1CCCCC1. The summed E-state index contributed by atoms with van der Waals surface area (Å²) in [7, 11) is 0. The molecule has 15 heteroatoms. The van der Waals surface area contributed by atoms with Crippen LogP contribution in [0.25, 0.3) is 0 Å². The second-order valence-corrected chi connectivity index (χ2v) is 27.9. The number of nitrogens with one attached hydrogen (secondary N) is 3. The van der Waals surface area contributed by atoms with Crippen molar-refractivity contribution in [2.45, 2.75) is 107 Å². The van der Waals surface area contributed by atoms with Crippen molar-refractivity contribution in [2.75, 3.05) is 19.6 Å². The molecule has 8 aromatic carbocycles. The van der Waals surface area contributed by atoms with Crippen molar-refractivity contribution >= 4 is 41.0 Å². The summed E-state index contributed by atoms with van der Waals surface area (Å²) in [5, 5.41) is 7.72. The number of aromatic nitrogens is 6. The number of aromatic amines is 1. The van der Waals surface area contributed by atoms with E-state index in [1.165, 1.54) is 82.1 Å². The number of thiocarbonyl (C=S) groups is 1. The van der Waals surface area contributed by atoms with Crippen LogP contribution in [-0.4, -0.2) is 93.3 Å². The Bertz CT molecular complexity index is 4440. The number of amides is 4. The average molecular weight is 1340 g/mol. The molecule has 502 valence electrons. The topological polar surface area (TPSA) is 163 Å². The fourth-order valence-electron chi connectivity index (χ4n) is 16.6. The Balaban J connectivity index is 0.000000129. The van der Waals surface area contributed by atoms with E-state index in [-0.39, 0.29) is 35.5 Å². The molecule has 5 heterocycles. The quantitative estimate of drug-likeness (QED) is 0.0511. The summed E-state index contributed by atoms with van der Waals surface area (Å²) < 4.78 is 4.71. The van der Waals surface area contributed by atoms with Gasteiger partial charge in [-0.05, 0) is 158 Å². The Hall–Kier alpha value is -10.6. The number of nitrogens with zero attached hydrogens (tertiary/aromatic N) is 7. The summed E-state index contributed by atoms with van der Waals surface area (Å²) in [4.78, 5) is 72.7. The van der Waals surface area contributed by atoms with Crippen LogP contribution >= 0.6 is 12.2 Å². The van der Waals surface area contributed by atoms with Crippen molar-refractivity contribution in [3.8, 4) is 0 Å². The summed E-state index contributed by atoms with van der Waals surface area (Å²) in [5.41, 5.74) is 14.8. The molecular formula is C85H82N10O4S. The molecule has 1 saturated carbocycles. The normalized spacial score (nSPS) is 17.9. The number of fused-ring (bicyclic) bond motifs is 5. The Morgan fingerprint density at radius 3 is 1.24 bits per heavy atom. The number of hydrogen-bond acceptors (Lipinski definition) is 8. The van der Waals surface area contributed by atoms with Crippen LogP contribution in [-0.2, 0) is 49.6 Å². The fourth-order valence-corrected chi connectivity index (χ4v) is 16.9. The van der Waals surface area contributed by atoms with Crippen LogP contribution in [0, 0.1) is 17.8 Å². The molecule has 1 fully saturated rings. The number of H-pyrrole nitrogens is 1. The van der Waals surface area contributed by atoms with Gasteiger partial charge in [0.25, 0.3) is 23.6 Å². The van der Waals surface area contributed by atoms with E-state index in [9.17, 15) is 19.2 Å². The first kappa shape index (κ1) is 65.3. The molecule has 4 aliphatic carbocycles. The van der Waals surface area contributed by atoms with E-state index in [1.807, 2.05) is 61.4 Å². The second kappa shape index (κ2) is 29.0. The lowest BCUT2D eigenvalue weighted by Gasteiger charge is -2.40. The first-order valence-corrected chi connectivity index (χ1v) is 36.0. The van der Waals surface area contributed by atoms with E-state index >= 15 is 0 Å². The third-order valence-corrected chi connectivity index (χ3v) is 21.8. The molecule has 0 radical (unpaired) electrons. The first-order chi connectivity index (χ1) is 49.2. The average Bonchev–Trinajstić information content (AvgIpc) is 1.35. The highest BCUT2D eigenvalue weighted by atomic mass is 32.1. The monoisotopic (exact) mass is 1340 g/mol. The fraction of sp³-hybridized carbons (Fsp3) is 0.271. The summed E-state index contributed by atoms with van der Waals surface area (Å²) >= 11 is 5.42. The summed E-state index contributed by atoms with van der Waals surface area (Å²) in [6.45, 7) is 1.79. The lowest BCUT2D eigenvalue weighted by atomic mass is 9.76. The van der Waals surface area contributed by atoms with Crippen molar-refractivity contribution in [1.29, 1.82) is 0 Å². The van der Waals surface area contributed by atoms with E-state index < -0.39 is 11.1 Å². The molecule has 17 rings (SSSR count). The molecular weight excluding hydrogens is 1260 g/mol. The van der Waals surface area contributed by atoms with Gasteiger partial charge >= 0.3 is 0 Å². The smallest absolute Gasteiger partial charge is 0.261 e. The maximum Gasteiger partial charge on any atom is 0.261 e. The van der Waals surface area contributed by atoms with Gasteiger partial charge in [-0.15, -0.1) is 0 Å². The maximum absolute atomic E-state index is 13.1. The molecule has 2 aliphatic heterocycles. The minimum atomic E-state index is -0.637. The van der Waals surface area contributed by atoms with E-state index in [2.05, 4.69) is 194 Å². The van der Waals surface area contributed by atoms with Gasteiger partial charge in [-0.25, -0.2) is 15.0 Å². The number of aryl methyl sites for hydroxylation is 2. The van der Waals surface area contributed by atoms with Crippen molar-refractivity contribution in [3.05, 3.63) is 339 Å². The van der Waals surface area contributed by atoms with Crippen LogP contribution < -0.4 is 10.6 Å². The Morgan fingerprint density at radius 2 is 0.790 bits per heavy atom. The molecule has 3 N–H and O–H groups in total. The largest absolute Gasteiger partial charge is 0.362 e. The van der Waals surface area contributed by atoms with E-state index in [0.29, 0.717) is 47.3 Å². The zero-order valence-electron chi connectivity index (χ0n) is 56.2. The summed E-state index contributed by atoms with van der Waals surface area (Å²) in [6, 6.07) is 78.5. The summed E-state index contributed by atoms with van der Waals surface area (Å²) in [6.07, 6.45) is 20.6. The Morgan fingerprint density at radius 1 is 0.410 bits per heavy atom. The maximum atomic E-state index is 13.1. The molecule has 3 aromatic heterocycles. The molecule has 4 amide bonds. The number of imidazole rings is 3. The minimum absolute atomic E-state index is 0.144. The molecule has 6 aliphatic rings.